The van der Waals surface area contributed by atoms with Crippen molar-refractivity contribution in [2.45, 2.75) is 13.8 Å². The van der Waals surface area contributed by atoms with E-state index in [1.807, 2.05) is 32.0 Å². The van der Waals surface area contributed by atoms with Crippen LogP contribution in [-0.2, 0) is 4.79 Å². The molecule has 0 saturated heterocycles. The van der Waals surface area contributed by atoms with Crippen molar-refractivity contribution in [1.82, 2.24) is 0 Å². The lowest BCUT2D eigenvalue weighted by atomic mass is 10.1. The van der Waals surface area contributed by atoms with Gasteiger partial charge in [0.15, 0.2) is 9.52 Å². The van der Waals surface area contributed by atoms with Crippen molar-refractivity contribution in [2.24, 2.45) is 0 Å². The van der Waals surface area contributed by atoms with Crippen molar-refractivity contribution in [3.05, 3.63) is 29.3 Å². The highest BCUT2D eigenvalue weighted by molar-refractivity contribution is 6.62. The van der Waals surface area contributed by atoms with E-state index in [4.69, 9.17) is 5.11 Å². The van der Waals surface area contributed by atoms with Gasteiger partial charge >= 0.3 is 5.97 Å². The van der Waals surface area contributed by atoms with Gasteiger partial charge in [-0.1, -0.05) is 18.2 Å². The number of aliphatic carboxylic acids is 1. The fourth-order valence-electron chi connectivity index (χ4n) is 1.04. The van der Waals surface area contributed by atoms with Gasteiger partial charge in [0.2, 0.25) is 0 Å². The van der Waals surface area contributed by atoms with E-state index in [9.17, 15) is 4.79 Å². The average molecular weight is 202 g/mol. The molecule has 0 saturated carbocycles. The van der Waals surface area contributed by atoms with E-state index in [2.05, 4.69) is 11.5 Å². The second kappa shape index (κ2) is 4.63. The quantitative estimate of drug-likeness (QED) is 0.537. The summed E-state index contributed by atoms with van der Waals surface area (Å²) in [5.74, 6) is 1.05. The first kappa shape index (κ1) is 10.5. The number of hydrogen-bond donors (Lipinski definition) is 1. The van der Waals surface area contributed by atoms with E-state index in [0.717, 1.165) is 5.19 Å². The third-order valence-corrected chi connectivity index (χ3v) is 3.03. The van der Waals surface area contributed by atoms with Crippen molar-refractivity contribution >= 4 is 20.7 Å². The van der Waals surface area contributed by atoms with Crippen LogP contribution in [0.4, 0.5) is 0 Å². The summed E-state index contributed by atoms with van der Waals surface area (Å²) < 4.78 is 0. The predicted octanol–water partition coefficient (Wildman–Crippen LogP) is 0.678. The van der Waals surface area contributed by atoms with Gasteiger partial charge in [0.05, 0.1) is 0 Å². The molecule has 0 bridgehead atoms. The third kappa shape index (κ3) is 2.75. The van der Waals surface area contributed by atoms with Crippen molar-refractivity contribution in [3.8, 4) is 11.5 Å². The first-order valence-corrected chi connectivity index (χ1v) is 5.17. The molecule has 1 aromatic carbocycles. The van der Waals surface area contributed by atoms with Gasteiger partial charge in [-0.2, -0.15) is 0 Å². The SMILES string of the molecule is Cc1cccc([Si]C#CC(=O)O)c1C. The minimum Gasteiger partial charge on any atom is -0.472 e. The number of carboxylic acid groups (broad SMARTS) is 1. The predicted molar refractivity (Wildman–Crippen MR) is 56.7 cm³/mol. The zero-order valence-corrected chi connectivity index (χ0v) is 9.09. The smallest absolute Gasteiger partial charge is 0.381 e. The van der Waals surface area contributed by atoms with Crippen LogP contribution in [0.1, 0.15) is 11.1 Å². The topological polar surface area (TPSA) is 37.3 Å². The molecule has 1 aromatic rings. The molecule has 0 atom stereocenters. The summed E-state index contributed by atoms with van der Waals surface area (Å²) in [7, 11) is 0.251. The molecule has 3 heteroatoms. The Morgan fingerprint density at radius 3 is 2.79 bits per heavy atom. The van der Waals surface area contributed by atoms with E-state index < -0.39 is 5.97 Å². The molecule has 1 rings (SSSR count). The van der Waals surface area contributed by atoms with Crippen LogP contribution in [0.15, 0.2) is 18.2 Å². The highest BCUT2D eigenvalue weighted by atomic mass is 28.2. The maximum absolute atomic E-state index is 10.2. The lowest BCUT2D eigenvalue weighted by Crippen LogP contribution is -2.17. The Bertz CT molecular complexity index is 413. The molecule has 0 aliphatic rings. The summed E-state index contributed by atoms with van der Waals surface area (Å²) in [5, 5.41) is 9.47. The van der Waals surface area contributed by atoms with Crippen molar-refractivity contribution < 1.29 is 9.90 Å². The molecular weight excluding hydrogens is 192 g/mol. The minimum absolute atomic E-state index is 0.251. The number of benzene rings is 1. The van der Waals surface area contributed by atoms with Crippen LogP contribution >= 0.6 is 0 Å². The Morgan fingerprint density at radius 1 is 1.43 bits per heavy atom. The lowest BCUT2D eigenvalue weighted by molar-refractivity contribution is -0.130. The molecule has 1 N–H and O–H groups in total. The van der Waals surface area contributed by atoms with Crippen LogP contribution in [0.25, 0.3) is 0 Å². The molecule has 14 heavy (non-hydrogen) atoms. The molecule has 0 aliphatic carbocycles. The van der Waals surface area contributed by atoms with Crippen LogP contribution in [0.3, 0.4) is 0 Å². The van der Waals surface area contributed by atoms with Crippen LogP contribution < -0.4 is 5.19 Å². The number of hydrogen-bond acceptors (Lipinski definition) is 1. The molecule has 0 unspecified atom stereocenters. The summed E-state index contributed by atoms with van der Waals surface area (Å²) in [4.78, 5) is 10.2. The van der Waals surface area contributed by atoms with E-state index in [0.29, 0.717) is 0 Å². The van der Waals surface area contributed by atoms with Gasteiger partial charge in [-0.15, -0.1) is 5.54 Å². The Kier molecular flexibility index (Phi) is 3.49. The second-order valence-corrected chi connectivity index (χ2v) is 3.97. The minimum atomic E-state index is -1.07. The largest absolute Gasteiger partial charge is 0.472 e. The molecule has 2 nitrogen and oxygen atoms in total. The monoisotopic (exact) mass is 202 g/mol. The first-order chi connectivity index (χ1) is 6.61. The Labute approximate surface area is 85.8 Å². The summed E-state index contributed by atoms with van der Waals surface area (Å²) in [6, 6.07) is 5.98. The highest BCUT2D eigenvalue weighted by Gasteiger charge is 1.99. The maximum Gasteiger partial charge on any atom is 0.381 e. The van der Waals surface area contributed by atoms with Crippen LogP contribution in [0, 0.1) is 25.3 Å². The van der Waals surface area contributed by atoms with E-state index >= 15 is 0 Å². The zero-order valence-electron chi connectivity index (χ0n) is 8.09. The molecular formula is C11H10O2Si. The van der Waals surface area contributed by atoms with Gasteiger partial charge in [-0.3, -0.25) is 0 Å². The summed E-state index contributed by atoms with van der Waals surface area (Å²) in [6.07, 6.45) is 0. The van der Waals surface area contributed by atoms with Crippen molar-refractivity contribution in [2.75, 3.05) is 0 Å². The van der Waals surface area contributed by atoms with Gasteiger partial charge in [-0.25, -0.2) is 4.79 Å². The molecule has 0 aliphatic heterocycles. The number of aryl methyl sites for hydroxylation is 1. The van der Waals surface area contributed by atoms with Crippen molar-refractivity contribution in [3.63, 3.8) is 0 Å². The number of carboxylic acids is 1. The number of rotatable bonds is 1. The summed E-state index contributed by atoms with van der Waals surface area (Å²) in [6.45, 7) is 4.06. The zero-order chi connectivity index (χ0) is 10.6. The normalized spacial score (nSPS) is 9.00. The number of carbonyl (C=O) groups is 1. The van der Waals surface area contributed by atoms with Gasteiger partial charge in [-0.05, 0) is 30.2 Å². The third-order valence-electron chi connectivity index (χ3n) is 1.97. The first-order valence-electron chi connectivity index (χ1n) is 4.17. The van der Waals surface area contributed by atoms with Gasteiger partial charge in [0.25, 0.3) is 0 Å². The van der Waals surface area contributed by atoms with Crippen molar-refractivity contribution in [1.29, 1.82) is 0 Å². The van der Waals surface area contributed by atoms with Gasteiger partial charge < -0.3 is 5.11 Å². The average Bonchev–Trinajstić information content (AvgIpc) is 2.12. The molecule has 0 aromatic heterocycles. The molecule has 0 heterocycles. The Hall–Kier alpha value is -1.53. The summed E-state index contributed by atoms with van der Waals surface area (Å²) in [5.41, 5.74) is 5.06. The second-order valence-electron chi connectivity index (χ2n) is 2.93. The maximum atomic E-state index is 10.2. The molecule has 70 valence electrons. The molecule has 0 amide bonds. The molecule has 0 spiro atoms. The van der Waals surface area contributed by atoms with E-state index in [1.165, 1.54) is 11.1 Å². The fourth-order valence-corrected chi connectivity index (χ4v) is 1.91. The van der Waals surface area contributed by atoms with Gasteiger partial charge in [0.1, 0.15) is 0 Å². The molecule has 2 radical (unpaired) electrons. The van der Waals surface area contributed by atoms with Crippen LogP contribution in [0.5, 0.6) is 0 Å². The highest BCUT2D eigenvalue weighted by Crippen LogP contribution is 2.01. The summed E-state index contributed by atoms with van der Waals surface area (Å²) >= 11 is 0. The standard InChI is InChI=1S/C11H10O2Si/c1-8-4-3-5-10(9(8)2)14-7-6-11(12)13/h3-5H,1-2H3,(H,12,13). The van der Waals surface area contributed by atoms with E-state index in [-0.39, 0.29) is 9.52 Å². The van der Waals surface area contributed by atoms with Gasteiger partial charge in [0, 0.05) is 5.92 Å². The van der Waals surface area contributed by atoms with E-state index in [1.54, 1.807) is 0 Å². The Morgan fingerprint density at radius 2 is 2.14 bits per heavy atom. The van der Waals surface area contributed by atoms with Crippen LogP contribution in [-0.4, -0.2) is 20.6 Å². The fraction of sp³-hybridized carbons (Fsp3) is 0.182. The van der Waals surface area contributed by atoms with Crippen LogP contribution in [0.2, 0.25) is 0 Å². The molecule has 0 fully saturated rings. The lowest BCUT2D eigenvalue weighted by Gasteiger charge is -2.03. The Balaban J connectivity index is 2.84.